The van der Waals surface area contributed by atoms with Crippen molar-refractivity contribution in [2.45, 2.75) is 60.8 Å². The monoisotopic (exact) mass is 416 g/mol. The number of benzene rings is 2. The smallest absolute Gasteiger partial charge is 0.0369 e. The highest BCUT2D eigenvalue weighted by molar-refractivity contribution is 5.72. The molecule has 2 heteroatoms. The molecule has 0 unspecified atom stereocenters. The number of rotatable bonds is 9. The van der Waals surface area contributed by atoms with Crippen LogP contribution in [-0.4, -0.2) is 26.2 Å². The Labute approximate surface area is 190 Å². The molecule has 0 heterocycles. The second-order valence-corrected chi connectivity index (χ2v) is 8.46. The molecule has 0 radical (unpaired) electrons. The lowest BCUT2D eigenvalue weighted by Gasteiger charge is -2.25. The molecule has 0 amide bonds. The summed E-state index contributed by atoms with van der Waals surface area (Å²) in [6.45, 7) is 17.7. The van der Waals surface area contributed by atoms with E-state index in [4.69, 9.17) is 0 Å². The van der Waals surface area contributed by atoms with Gasteiger partial charge >= 0.3 is 0 Å². The van der Waals surface area contributed by atoms with Crippen LogP contribution in [0.4, 0.5) is 11.4 Å². The van der Waals surface area contributed by atoms with Gasteiger partial charge < -0.3 is 9.80 Å². The summed E-state index contributed by atoms with van der Waals surface area (Å²) in [7, 11) is 0. The first kappa shape index (κ1) is 23.2. The van der Waals surface area contributed by atoms with Crippen LogP contribution in [0.15, 0.2) is 47.5 Å². The summed E-state index contributed by atoms with van der Waals surface area (Å²) in [5.74, 6) is 0. The highest BCUT2D eigenvalue weighted by Gasteiger charge is 2.15. The summed E-state index contributed by atoms with van der Waals surface area (Å²) < 4.78 is 0. The van der Waals surface area contributed by atoms with Gasteiger partial charge in [-0.25, -0.2) is 0 Å². The number of hydrogen-bond acceptors (Lipinski definition) is 2. The molecular formula is C29H40N2. The van der Waals surface area contributed by atoms with Gasteiger partial charge in [0.25, 0.3) is 0 Å². The fraction of sp³-hybridized carbons (Fsp3) is 0.448. The Morgan fingerprint density at radius 2 is 1.42 bits per heavy atom. The molecular weight excluding hydrogens is 376 g/mol. The van der Waals surface area contributed by atoms with Gasteiger partial charge in [-0.15, -0.1) is 0 Å². The molecule has 1 aliphatic carbocycles. The maximum Gasteiger partial charge on any atom is 0.0369 e. The van der Waals surface area contributed by atoms with Crippen LogP contribution in [0.25, 0.3) is 12.2 Å². The molecule has 0 fully saturated rings. The molecule has 2 aromatic rings. The SMILES string of the molecule is CC/C(=C\c1ccc(N(CC)CC)cc1C)C1=Cc2ccc(N(CC)CC)cc2CC1. The molecule has 0 saturated heterocycles. The minimum absolute atomic E-state index is 1.05. The summed E-state index contributed by atoms with van der Waals surface area (Å²) in [4.78, 5) is 4.84. The van der Waals surface area contributed by atoms with Gasteiger partial charge in [-0.1, -0.05) is 31.2 Å². The van der Waals surface area contributed by atoms with Gasteiger partial charge in [0.1, 0.15) is 0 Å². The highest BCUT2D eigenvalue weighted by Crippen LogP contribution is 2.33. The van der Waals surface area contributed by atoms with Gasteiger partial charge in [0.05, 0.1) is 0 Å². The second-order valence-electron chi connectivity index (χ2n) is 8.46. The van der Waals surface area contributed by atoms with Crippen LogP contribution in [0.5, 0.6) is 0 Å². The van der Waals surface area contributed by atoms with E-state index >= 15 is 0 Å². The first-order valence-corrected chi connectivity index (χ1v) is 12.2. The lowest BCUT2D eigenvalue weighted by molar-refractivity contribution is 0.859. The molecule has 0 bridgehead atoms. The number of hydrogen-bond donors (Lipinski definition) is 0. The fourth-order valence-electron chi connectivity index (χ4n) is 4.73. The zero-order valence-corrected chi connectivity index (χ0v) is 20.5. The van der Waals surface area contributed by atoms with E-state index < -0.39 is 0 Å². The van der Waals surface area contributed by atoms with Crippen molar-refractivity contribution in [3.05, 3.63) is 69.8 Å². The average molecular weight is 417 g/mol. The quantitative estimate of drug-likeness (QED) is 0.417. The van der Waals surface area contributed by atoms with E-state index in [9.17, 15) is 0 Å². The van der Waals surface area contributed by atoms with Gasteiger partial charge in [0, 0.05) is 37.6 Å². The predicted molar refractivity (Wildman–Crippen MR) is 139 cm³/mol. The average Bonchev–Trinajstić information content (AvgIpc) is 2.80. The maximum absolute atomic E-state index is 2.43. The molecule has 0 saturated carbocycles. The molecule has 31 heavy (non-hydrogen) atoms. The minimum atomic E-state index is 1.05. The van der Waals surface area contributed by atoms with Crippen LogP contribution in [0.1, 0.15) is 69.7 Å². The minimum Gasteiger partial charge on any atom is -0.372 e. The van der Waals surface area contributed by atoms with Crippen LogP contribution in [0.3, 0.4) is 0 Å². The lowest BCUT2D eigenvalue weighted by Crippen LogP contribution is -2.22. The van der Waals surface area contributed by atoms with Crippen LogP contribution in [0, 0.1) is 6.92 Å². The topological polar surface area (TPSA) is 6.48 Å². The van der Waals surface area contributed by atoms with E-state index in [2.05, 4.69) is 99.9 Å². The van der Waals surface area contributed by atoms with Crippen molar-refractivity contribution in [2.75, 3.05) is 36.0 Å². The van der Waals surface area contributed by atoms with Crippen LogP contribution in [0.2, 0.25) is 0 Å². The Bertz CT molecular complexity index is 943. The summed E-state index contributed by atoms with van der Waals surface area (Å²) in [5, 5.41) is 0. The number of anilines is 2. The van der Waals surface area contributed by atoms with Crippen molar-refractivity contribution in [3.63, 3.8) is 0 Å². The van der Waals surface area contributed by atoms with Gasteiger partial charge in [-0.2, -0.15) is 0 Å². The number of allylic oxidation sites excluding steroid dienone is 2. The molecule has 2 aromatic carbocycles. The van der Waals surface area contributed by atoms with Gasteiger partial charge in [0.2, 0.25) is 0 Å². The van der Waals surface area contributed by atoms with Gasteiger partial charge in [-0.3, -0.25) is 0 Å². The third kappa shape index (κ3) is 5.23. The molecule has 2 nitrogen and oxygen atoms in total. The van der Waals surface area contributed by atoms with Crippen LogP contribution >= 0.6 is 0 Å². The van der Waals surface area contributed by atoms with E-state index in [-0.39, 0.29) is 0 Å². The third-order valence-corrected chi connectivity index (χ3v) is 6.75. The number of fused-ring (bicyclic) bond motifs is 1. The highest BCUT2D eigenvalue weighted by atomic mass is 15.1. The predicted octanol–water partition coefficient (Wildman–Crippen LogP) is 7.51. The Balaban J connectivity index is 1.89. The first-order valence-electron chi connectivity index (χ1n) is 12.2. The largest absolute Gasteiger partial charge is 0.372 e. The molecule has 166 valence electrons. The van der Waals surface area contributed by atoms with Crippen molar-refractivity contribution >= 4 is 23.5 Å². The van der Waals surface area contributed by atoms with E-state index in [1.807, 2.05) is 0 Å². The van der Waals surface area contributed by atoms with Crippen molar-refractivity contribution in [2.24, 2.45) is 0 Å². The molecule has 0 aromatic heterocycles. The van der Waals surface area contributed by atoms with E-state index in [0.717, 1.165) is 45.4 Å². The first-order chi connectivity index (χ1) is 15.0. The Morgan fingerprint density at radius 3 is 2.00 bits per heavy atom. The molecule has 0 aliphatic heterocycles. The Morgan fingerprint density at radius 1 is 0.806 bits per heavy atom. The lowest BCUT2D eigenvalue weighted by atomic mass is 9.86. The summed E-state index contributed by atoms with van der Waals surface area (Å²) in [6, 6.07) is 13.9. The summed E-state index contributed by atoms with van der Waals surface area (Å²) in [6.07, 6.45) is 8.18. The Kier molecular flexibility index (Phi) is 8.01. The molecule has 0 spiro atoms. The van der Waals surface area contributed by atoms with Crippen molar-refractivity contribution in [1.82, 2.24) is 0 Å². The normalized spacial score (nSPS) is 13.6. The number of nitrogens with zero attached hydrogens (tertiary/aromatic N) is 2. The van der Waals surface area contributed by atoms with Gasteiger partial charge in [0.15, 0.2) is 0 Å². The molecule has 1 aliphatic rings. The Hall–Kier alpha value is -2.48. The summed E-state index contributed by atoms with van der Waals surface area (Å²) in [5.41, 5.74) is 11.2. The maximum atomic E-state index is 2.43. The van der Waals surface area contributed by atoms with Crippen molar-refractivity contribution < 1.29 is 0 Å². The second kappa shape index (κ2) is 10.7. The van der Waals surface area contributed by atoms with Crippen LogP contribution < -0.4 is 9.80 Å². The van der Waals surface area contributed by atoms with E-state index in [1.165, 1.54) is 44.8 Å². The number of aryl methyl sites for hydroxylation is 2. The van der Waals surface area contributed by atoms with E-state index in [0.29, 0.717) is 0 Å². The van der Waals surface area contributed by atoms with Gasteiger partial charge in [-0.05, 0) is 112 Å². The molecule has 0 atom stereocenters. The van der Waals surface area contributed by atoms with Crippen molar-refractivity contribution in [3.8, 4) is 0 Å². The molecule has 0 N–H and O–H groups in total. The van der Waals surface area contributed by atoms with Crippen LogP contribution in [-0.2, 0) is 6.42 Å². The van der Waals surface area contributed by atoms with Crippen molar-refractivity contribution in [1.29, 1.82) is 0 Å². The summed E-state index contributed by atoms with van der Waals surface area (Å²) >= 11 is 0. The zero-order chi connectivity index (χ0) is 22.4. The third-order valence-electron chi connectivity index (χ3n) is 6.75. The van der Waals surface area contributed by atoms with E-state index in [1.54, 1.807) is 0 Å². The standard InChI is InChI=1S/C29H40N2/c1-7-23(19-24-14-16-28(18-22(24)6)30(8-2)9-3)25-12-13-27-21-29(31(10-4)11-5)17-15-26(27)20-25/h14-21H,7-13H2,1-6H3/b23-19+. The molecule has 3 rings (SSSR count). The fourth-order valence-corrected chi connectivity index (χ4v) is 4.73. The zero-order valence-electron chi connectivity index (χ0n) is 20.5.